The second-order valence-corrected chi connectivity index (χ2v) is 13.9. The minimum atomic E-state index is -4.87. The number of aliphatic carboxylic acids is 1. The van der Waals surface area contributed by atoms with Crippen LogP contribution in [0.3, 0.4) is 0 Å². The van der Waals surface area contributed by atoms with E-state index >= 15 is 8.78 Å². The number of ether oxygens (including phenoxy) is 1. The van der Waals surface area contributed by atoms with E-state index in [0.717, 1.165) is 35.4 Å². The Balaban J connectivity index is 1.57. The number of carbonyl (C=O) groups excluding carboxylic acids is 1. The number of rotatable bonds is 12. The Morgan fingerprint density at radius 3 is 2.31 bits per heavy atom. The second-order valence-electron chi connectivity index (χ2n) is 13.9. The number of benzene rings is 2. The number of hydrogen-bond acceptors (Lipinski definition) is 5. The summed E-state index contributed by atoms with van der Waals surface area (Å²) in [6, 6.07) is 0.217. The van der Waals surface area contributed by atoms with Crippen LogP contribution in [0.2, 0.25) is 0 Å². The van der Waals surface area contributed by atoms with Crippen molar-refractivity contribution >= 4 is 11.9 Å². The van der Waals surface area contributed by atoms with E-state index in [9.17, 15) is 37.1 Å². The minimum Gasteiger partial charge on any atom is -0.481 e. The third-order valence-corrected chi connectivity index (χ3v) is 9.68. The van der Waals surface area contributed by atoms with Crippen molar-refractivity contribution in [3.05, 3.63) is 91.6 Å². The Bertz CT molecular complexity index is 1960. The third kappa shape index (κ3) is 8.05. The zero-order chi connectivity index (χ0) is 38.2. The van der Waals surface area contributed by atoms with E-state index in [-0.39, 0.29) is 70.8 Å². The van der Waals surface area contributed by atoms with Gasteiger partial charge in [-0.05, 0) is 79.5 Å². The molecular formula is C38H39F6N3O5. The monoisotopic (exact) mass is 731 g/mol. The summed E-state index contributed by atoms with van der Waals surface area (Å²) in [5.41, 5.74) is -3.25. The molecule has 2 aliphatic rings. The Kier molecular flexibility index (Phi) is 11.3. The summed E-state index contributed by atoms with van der Waals surface area (Å²) in [5, 5.41) is 12.2. The molecule has 8 nitrogen and oxygen atoms in total. The van der Waals surface area contributed by atoms with Gasteiger partial charge in [0.25, 0.3) is 5.56 Å². The maximum absolute atomic E-state index is 16.6. The van der Waals surface area contributed by atoms with Gasteiger partial charge in [0.15, 0.2) is 0 Å². The number of hydrogen-bond donors (Lipinski definition) is 2. The number of morpholine rings is 1. The van der Waals surface area contributed by atoms with Crippen LogP contribution in [-0.4, -0.2) is 58.3 Å². The number of alkyl halides is 3. The summed E-state index contributed by atoms with van der Waals surface area (Å²) in [6.07, 6.45) is 1.30. The molecule has 3 aromatic rings. The molecule has 5 rings (SSSR count). The fourth-order valence-electron chi connectivity index (χ4n) is 7.39. The van der Waals surface area contributed by atoms with Crippen molar-refractivity contribution < 1.29 is 45.8 Å². The minimum absolute atomic E-state index is 0.0103. The van der Waals surface area contributed by atoms with Crippen LogP contribution in [0.25, 0.3) is 11.1 Å². The summed E-state index contributed by atoms with van der Waals surface area (Å²) in [6.45, 7) is 7.66. The Morgan fingerprint density at radius 2 is 1.77 bits per heavy atom. The molecule has 1 amide bonds. The molecule has 14 heteroatoms. The first-order valence-electron chi connectivity index (χ1n) is 16.8. The predicted octanol–water partition coefficient (Wildman–Crippen LogP) is 6.48. The molecule has 2 saturated heterocycles. The lowest BCUT2D eigenvalue weighted by Crippen LogP contribution is -2.41. The summed E-state index contributed by atoms with van der Waals surface area (Å²) in [7, 11) is 0. The van der Waals surface area contributed by atoms with Crippen LogP contribution in [0.4, 0.5) is 26.3 Å². The number of carbonyl (C=O) groups is 2. The number of pyridine rings is 1. The van der Waals surface area contributed by atoms with Crippen molar-refractivity contribution in [2.75, 3.05) is 19.7 Å². The Labute approximate surface area is 296 Å². The number of terminal acetylenes is 1. The smallest absolute Gasteiger partial charge is 0.416 e. The number of aryl methyl sites for hydroxylation is 2. The molecule has 0 saturated carbocycles. The van der Waals surface area contributed by atoms with Gasteiger partial charge in [-0.1, -0.05) is 19.8 Å². The molecule has 3 heterocycles. The quantitative estimate of drug-likeness (QED) is 0.163. The van der Waals surface area contributed by atoms with Crippen molar-refractivity contribution in [1.82, 2.24) is 14.8 Å². The van der Waals surface area contributed by atoms with Crippen LogP contribution >= 0.6 is 0 Å². The molecule has 2 aliphatic heterocycles. The molecule has 0 unspecified atom stereocenters. The van der Waals surface area contributed by atoms with E-state index in [4.69, 9.17) is 11.2 Å². The van der Waals surface area contributed by atoms with E-state index in [1.54, 1.807) is 13.8 Å². The molecule has 52 heavy (non-hydrogen) atoms. The highest BCUT2D eigenvalue weighted by Crippen LogP contribution is 2.39. The average Bonchev–Trinajstić information content (AvgIpc) is 3.66. The average molecular weight is 732 g/mol. The highest BCUT2D eigenvalue weighted by Gasteiger charge is 2.40. The van der Waals surface area contributed by atoms with Crippen LogP contribution in [-0.2, 0) is 26.9 Å². The van der Waals surface area contributed by atoms with Gasteiger partial charge < -0.3 is 19.7 Å². The summed E-state index contributed by atoms with van der Waals surface area (Å²) >= 11 is 0. The van der Waals surface area contributed by atoms with E-state index in [2.05, 4.69) is 11.2 Å². The highest BCUT2D eigenvalue weighted by atomic mass is 19.4. The molecule has 0 spiro atoms. The van der Waals surface area contributed by atoms with Crippen molar-refractivity contribution in [2.45, 2.75) is 83.8 Å². The van der Waals surface area contributed by atoms with E-state index in [0.29, 0.717) is 19.2 Å². The number of carboxylic acids is 1. The maximum atomic E-state index is 16.6. The molecule has 2 aromatic carbocycles. The van der Waals surface area contributed by atoms with Crippen molar-refractivity contribution in [1.29, 1.82) is 0 Å². The first-order chi connectivity index (χ1) is 24.4. The first kappa shape index (κ1) is 38.6. The molecule has 278 valence electrons. The van der Waals surface area contributed by atoms with Crippen LogP contribution in [0, 0.1) is 49.6 Å². The highest BCUT2D eigenvalue weighted by molar-refractivity contribution is 5.83. The number of amides is 1. The number of aromatic nitrogens is 1. The lowest BCUT2D eigenvalue weighted by Gasteiger charge is -2.28. The molecule has 0 radical (unpaired) electrons. The standard InChI is InChI=1S/C38H39F6N3O5/c1-6-22-12-28(40)35(36(41)34(22)33-20(4)10-24(39)11-21(33)5)29(15-32(49)50)45-37(51)30(9-19(2)3)47-16-23(27(14-31(47)48)38(42,43)44)7-8-46-17-26-13-25(46)18-52-26/h1,10-12,14,16,19,25-26,29-30H,7-9,13,15,17-18H2,2-5H3,(H,45,51)(H,49,50)/t25-,26-,29+,30+/m1/s1. The number of fused-ring (bicyclic) bond motifs is 2. The van der Waals surface area contributed by atoms with E-state index < -0.39 is 70.7 Å². The molecule has 2 fully saturated rings. The predicted molar refractivity (Wildman–Crippen MR) is 180 cm³/mol. The molecule has 1 aromatic heterocycles. The van der Waals surface area contributed by atoms with Crippen molar-refractivity contribution in [3.63, 3.8) is 0 Å². The summed E-state index contributed by atoms with van der Waals surface area (Å²) in [4.78, 5) is 41.5. The zero-order valence-corrected chi connectivity index (χ0v) is 29.0. The van der Waals surface area contributed by atoms with E-state index in [1.165, 1.54) is 13.8 Å². The maximum Gasteiger partial charge on any atom is 0.416 e. The van der Waals surface area contributed by atoms with Gasteiger partial charge in [0, 0.05) is 48.1 Å². The van der Waals surface area contributed by atoms with Crippen LogP contribution in [0.1, 0.15) is 78.6 Å². The fourth-order valence-corrected chi connectivity index (χ4v) is 7.39. The zero-order valence-electron chi connectivity index (χ0n) is 29.0. The molecule has 2 N–H and O–H groups in total. The Hall–Kier alpha value is -4.61. The second kappa shape index (κ2) is 15.2. The van der Waals surface area contributed by atoms with Crippen LogP contribution < -0.4 is 10.9 Å². The SMILES string of the molecule is C#Cc1cc(F)c([C@H](CC(=O)O)NC(=O)[C@H](CC(C)C)n2cc(CCN3C[C@H]4C[C@@H]3CO4)c(C(F)(F)F)cc2=O)c(F)c1-c1c(C)cc(F)cc1C. The summed E-state index contributed by atoms with van der Waals surface area (Å²) < 4.78 is 95.6. The van der Waals surface area contributed by atoms with Crippen LogP contribution in [0.5, 0.6) is 0 Å². The topological polar surface area (TPSA) is 101 Å². The van der Waals surface area contributed by atoms with Gasteiger partial charge in [-0.25, -0.2) is 13.2 Å². The molecule has 4 atom stereocenters. The number of nitrogens with one attached hydrogen (secondary N) is 1. The van der Waals surface area contributed by atoms with Gasteiger partial charge in [0.1, 0.15) is 23.5 Å². The normalized spacial score (nSPS) is 18.4. The van der Waals surface area contributed by atoms with Gasteiger partial charge in [-0.15, -0.1) is 6.42 Å². The van der Waals surface area contributed by atoms with Gasteiger partial charge in [-0.3, -0.25) is 19.3 Å². The number of halogens is 6. The molecular weight excluding hydrogens is 692 g/mol. The van der Waals surface area contributed by atoms with Gasteiger partial charge in [-0.2, -0.15) is 13.2 Å². The van der Waals surface area contributed by atoms with Crippen LogP contribution in [0.15, 0.2) is 35.3 Å². The molecule has 2 bridgehead atoms. The number of likely N-dealkylation sites (tertiary alicyclic amines) is 1. The summed E-state index contributed by atoms with van der Waals surface area (Å²) in [5.74, 6) is -3.86. The lowest BCUT2D eigenvalue weighted by molar-refractivity contribution is -0.139. The van der Waals surface area contributed by atoms with Gasteiger partial charge in [0.05, 0.1) is 30.7 Å². The lowest BCUT2D eigenvalue weighted by atomic mass is 9.88. The Morgan fingerprint density at radius 1 is 1.10 bits per heavy atom. The fraction of sp³-hybridized carbons (Fsp3) is 0.447. The van der Waals surface area contributed by atoms with Gasteiger partial charge in [0.2, 0.25) is 5.91 Å². The van der Waals surface area contributed by atoms with Crippen molar-refractivity contribution in [2.24, 2.45) is 5.92 Å². The van der Waals surface area contributed by atoms with Crippen molar-refractivity contribution in [3.8, 4) is 23.5 Å². The largest absolute Gasteiger partial charge is 0.481 e. The van der Waals surface area contributed by atoms with Gasteiger partial charge >= 0.3 is 12.1 Å². The first-order valence-corrected chi connectivity index (χ1v) is 16.8. The third-order valence-electron chi connectivity index (χ3n) is 9.68. The molecule has 0 aliphatic carbocycles. The number of nitrogens with zero attached hydrogens (tertiary/aromatic N) is 2. The van der Waals surface area contributed by atoms with E-state index in [1.807, 2.05) is 4.90 Å². The number of carboxylic acid groups (broad SMARTS) is 1.